The van der Waals surface area contributed by atoms with E-state index in [9.17, 15) is 8.96 Å². The summed E-state index contributed by atoms with van der Waals surface area (Å²) in [6, 6.07) is 3.21. The molecule has 0 N–H and O–H groups in total. The number of hydrogen-bond acceptors (Lipinski definition) is 8. The smallest absolute Gasteiger partial charge is 0.287 e. The van der Waals surface area contributed by atoms with Crippen molar-refractivity contribution in [2.75, 3.05) is 6.61 Å². The van der Waals surface area contributed by atoms with Gasteiger partial charge < -0.3 is 0 Å². The van der Waals surface area contributed by atoms with Gasteiger partial charge in [0.25, 0.3) is 0 Å². The summed E-state index contributed by atoms with van der Waals surface area (Å²) >= 11 is 0. The third-order valence-corrected chi connectivity index (χ3v) is 17.0. The number of phosphoric ester groups is 1. The highest BCUT2D eigenvalue weighted by molar-refractivity contribution is 7.48. The molecule has 3 aromatic rings. The number of fused-ring (bicyclic) bond motifs is 5. The number of halogens is 2. The van der Waals surface area contributed by atoms with E-state index < -0.39 is 31.2 Å². The van der Waals surface area contributed by atoms with Crippen molar-refractivity contribution in [3.05, 3.63) is 72.4 Å². The number of benzene rings is 1. The number of hydrogen-bond donors (Lipinski definition) is 0. The molecule has 10 nitrogen and oxygen atoms in total. The standard InChI is InChI=1S/C43H63F2N6O4P/c1-8-53-56(52,55-43(24-50-28-46-26-48-50,25-51-29-47-27-49-51)38-15-13-33(44)23-39(38)45)54-34-16-19-40(5)32(22-34)12-14-35-36(40)17-21-42(7)37(35)18-20-41(42,6)31(4)11-9-10-30(2)3/h12-13,15,23,26-31,34-37H,8-11,14,16-22,24-25H2,1-7H3/t31-,34-,35?,36+,37+,40+,41-,42+,56?/m1/s1. The zero-order valence-electron chi connectivity index (χ0n) is 34.5. The molecule has 2 unspecified atom stereocenters. The molecular formula is C43H63F2N6O4P. The highest BCUT2D eigenvalue weighted by Gasteiger charge is 2.63. The van der Waals surface area contributed by atoms with Crippen LogP contribution in [0.25, 0.3) is 0 Å². The predicted molar refractivity (Wildman–Crippen MR) is 211 cm³/mol. The Morgan fingerprint density at radius 2 is 1.64 bits per heavy atom. The van der Waals surface area contributed by atoms with Crippen LogP contribution in [0.2, 0.25) is 0 Å². The summed E-state index contributed by atoms with van der Waals surface area (Å²) in [5, 5.41) is 8.49. The average Bonchev–Trinajstić information content (AvgIpc) is 3.90. The minimum atomic E-state index is -4.41. The lowest BCUT2D eigenvalue weighted by Crippen LogP contribution is -2.53. The molecule has 308 valence electrons. The lowest BCUT2D eigenvalue weighted by atomic mass is 9.44. The monoisotopic (exact) mass is 796 g/mol. The van der Waals surface area contributed by atoms with E-state index >= 15 is 4.39 Å². The molecule has 4 aliphatic rings. The molecule has 1 aromatic carbocycles. The second kappa shape index (κ2) is 16.1. The van der Waals surface area contributed by atoms with Crippen LogP contribution >= 0.6 is 7.82 Å². The van der Waals surface area contributed by atoms with E-state index in [2.05, 4.69) is 67.8 Å². The fourth-order valence-electron chi connectivity index (χ4n) is 12.0. The van der Waals surface area contributed by atoms with Crippen molar-refractivity contribution in [3.8, 4) is 0 Å². The van der Waals surface area contributed by atoms with E-state index in [-0.39, 0.29) is 30.7 Å². The van der Waals surface area contributed by atoms with E-state index in [1.165, 1.54) is 91.3 Å². The van der Waals surface area contributed by atoms with Gasteiger partial charge in [0.1, 0.15) is 42.5 Å². The van der Waals surface area contributed by atoms with Crippen LogP contribution in [-0.4, -0.2) is 42.2 Å². The van der Waals surface area contributed by atoms with E-state index in [4.69, 9.17) is 13.6 Å². The molecule has 3 saturated carbocycles. The Labute approximate surface area is 332 Å². The van der Waals surface area contributed by atoms with Crippen LogP contribution in [0.5, 0.6) is 0 Å². The van der Waals surface area contributed by atoms with Gasteiger partial charge >= 0.3 is 7.82 Å². The van der Waals surface area contributed by atoms with Crippen LogP contribution in [0, 0.1) is 57.5 Å². The first-order valence-electron chi connectivity index (χ1n) is 21.1. The van der Waals surface area contributed by atoms with E-state index in [1.807, 2.05) is 0 Å². The van der Waals surface area contributed by atoms with Crippen molar-refractivity contribution in [2.24, 2.45) is 45.8 Å². The molecule has 3 fully saturated rings. The third kappa shape index (κ3) is 7.73. The van der Waals surface area contributed by atoms with E-state index in [0.717, 1.165) is 42.7 Å². The van der Waals surface area contributed by atoms with Gasteiger partial charge in [-0.3, -0.25) is 13.6 Å². The topological polar surface area (TPSA) is 106 Å². The van der Waals surface area contributed by atoms with Crippen molar-refractivity contribution >= 4 is 7.82 Å². The molecule has 4 aliphatic carbocycles. The predicted octanol–water partition coefficient (Wildman–Crippen LogP) is 10.7. The van der Waals surface area contributed by atoms with Crippen molar-refractivity contribution < 1.29 is 26.9 Å². The highest BCUT2D eigenvalue weighted by Crippen LogP contribution is 2.72. The zero-order chi connectivity index (χ0) is 39.9. The van der Waals surface area contributed by atoms with Crippen molar-refractivity contribution in [1.82, 2.24) is 29.5 Å². The summed E-state index contributed by atoms with van der Waals surface area (Å²) < 4.78 is 67.0. The number of rotatable bonds is 16. The molecule has 13 heteroatoms. The molecule has 0 aliphatic heterocycles. The van der Waals surface area contributed by atoms with E-state index in [0.29, 0.717) is 35.5 Å². The number of allylic oxidation sites excluding steroid dienone is 1. The second-order valence-electron chi connectivity index (χ2n) is 18.6. The van der Waals surface area contributed by atoms with Gasteiger partial charge in [-0.05, 0) is 110 Å². The highest BCUT2D eigenvalue weighted by atomic mass is 31.2. The molecule has 0 spiro atoms. The number of phosphoric acid groups is 1. The van der Waals surface area contributed by atoms with Crippen LogP contribution in [0.1, 0.15) is 125 Å². The molecule has 0 saturated heterocycles. The minimum absolute atomic E-state index is 0.0260. The summed E-state index contributed by atoms with van der Waals surface area (Å²) in [6.45, 7) is 16.4. The second-order valence-corrected chi connectivity index (χ2v) is 20.2. The summed E-state index contributed by atoms with van der Waals surface area (Å²) in [4.78, 5) is 8.11. The Hall–Kier alpha value is -2.79. The fourth-order valence-corrected chi connectivity index (χ4v) is 13.6. The first-order valence-corrected chi connectivity index (χ1v) is 22.5. The summed E-state index contributed by atoms with van der Waals surface area (Å²) in [5.74, 6) is 1.85. The van der Waals surface area contributed by atoms with E-state index in [1.54, 1.807) is 6.92 Å². The van der Waals surface area contributed by atoms with Gasteiger partial charge in [-0.15, -0.1) is 0 Å². The molecular weight excluding hydrogens is 733 g/mol. The SMILES string of the molecule is CCOP(=O)(O[C@@H]1CC[C@@]2(C)C(=CCC3[C@@H]2CC[C@@]2(C)[C@H]3CC[C@]2(C)[C@H](C)CCCC(C)C)C1)OC(Cn1cncn1)(Cn1cncn1)c1ccc(F)cc1F. The Morgan fingerprint density at radius 3 is 2.27 bits per heavy atom. The van der Waals surface area contributed by atoms with Crippen molar-refractivity contribution in [3.63, 3.8) is 0 Å². The van der Waals surface area contributed by atoms with Gasteiger partial charge in [0.15, 0.2) is 0 Å². The molecule has 2 aromatic heterocycles. The van der Waals surface area contributed by atoms with Crippen LogP contribution in [0.3, 0.4) is 0 Å². The summed E-state index contributed by atoms with van der Waals surface area (Å²) in [6.07, 6.45) is 20.1. The summed E-state index contributed by atoms with van der Waals surface area (Å²) in [7, 11) is -4.41. The molecule has 2 heterocycles. The first-order chi connectivity index (χ1) is 26.6. The van der Waals surface area contributed by atoms with Crippen LogP contribution in [0.4, 0.5) is 8.78 Å². The molecule has 0 radical (unpaired) electrons. The fraction of sp³-hybridized carbons (Fsp3) is 0.721. The lowest BCUT2D eigenvalue weighted by molar-refractivity contribution is -0.0903. The van der Waals surface area contributed by atoms with Gasteiger partial charge in [-0.25, -0.2) is 32.7 Å². The number of nitrogens with zero attached hydrogens (tertiary/aromatic N) is 6. The maximum Gasteiger partial charge on any atom is 0.476 e. The first kappa shape index (κ1) is 41.4. The molecule has 0 amide bonds. The molecule has 0 bridgehead atoms. The van der Waals surface area contributed by atoms with Gasteiger partial charge in [0.2, 0.25) is 0 Å². The largest absolute Gasteiger partial charge is 0.476 e. The van der Waals surface area contributed by atoms with Gasteiger partial charge in [0.05, 0.1) is 25.8 Å². The molecule has 7 rings (SSSR count). The quantitative estimate of drug-likeness (QED) is 0.104. The van der Waals surface area contributed by atoms with Gasteiger partial charge in [-0.1, -0.05) is 78.5 Å². The Kier molecular flexibility index (Phi) is 11.9. The minimum Gasteiger partial charge on any atom is -0.287 e. The summed E-state index contributed by atoms with van der Waals surface area (Å²) in [5.41, 5.74) is 0.312. The average molecular weight is 797 g/mol. The van der Waals surface area contributed by atoms with Crippen molar-refractivity contribution in [2.45, 2.75) is 144 Å². The maximum atomic E-state index is 15.9. The zero-order valence-corrected chi connectivity index (χ0v) is 35.4. The van der Waals surface area contributed by atoms with Crippen LogP contribution in [0.15, 0.2) is 55.2 Å². The normalized spacial score (nSPS) is 32.0. The van der Waals surface area contributed by atoms with Gasteiger partial charge in [-0.2, -0.15) is 10.2 Å². The Bertz CT molecular complexity index is 1840. The number of aromatic nitrogens is 6. The molecule has 56 heavy (non-hydrogen) atoms. The van der Waals surface area contributed by atoms with Crippen LogP contribution in [-0.2, 0) is 36.8 Å². The van der Waals surface area contributed by atoms with Crippen molar-refractivity contribution in [1.29, 1.82) is 0 Å². The third-order valence-electron chi connectivity index (χ3n) is 15.3. The Balaban J connectivity index is 1.13. The Morgan fingerprint density at radius 1 is 0.946 bits per heavy atom. The molecule has 9 atom stereocenters. The lowest BCUT2D eigenvalue weighted by Gasteiger charge is -2.60. The van der Waals surface area contributed by atoms with Crippen LogP contribution < -0.4 is 0 Å². The maximum absolute atomic E-state index is 15.9. The van der Waals surface area contributed by atoms with Gasteiger partial charge in [0, 0.05) is 11.6 Å².